The lowest BCUT2D eigenvalue weighted by Crippen LogP contribution is -2.53. The van der Waals surface area contributed by atoms with Crippen molar-refractivity contribution in [3.05, 3.63) is 48.5 Å². The molecule has 1 unspecified atom stereocenters. The molecule has 154 valence electrons. The Hall–Kier alpha value is -2.70. The first-order chi connectivity index (χ1) is 14.1. The Morgan fingerprint density at radius 2 is 2.00 bits per heavy atom. The molecule has 2 amide bonds. The van der Waals surface area contributed by atoms with Crippen LogP contribution in [-0.4, -0.2) is 62.6 Å². The zero-order valence-corrected chi connectivity index (χ0v) is 17.0. The molecule has 0 aliphatic carbocycles. The molecule has 2 aromatic rings. The van der Waals surface area contributed by atoms with Gasteiger partial charge in [0.25, 0.3) is 0 Å². The van der Waals surface area contributed by atoms with Crippen LogP contribution in [0.2, 0.25) is 0 Å². The van der Waals surface area contributed by atoms with Crippen molar-refractivity contribution in [3.63, 3.8) is 0 Å². The average molecular weight is 396 g/mol. The number of carbonyl (C=O) groups excluding carboxylic acids is 2. The lowest BCUT2D eigenvalue weighted by molar-refractivity contribution is -0.143. The Morgan fingerprint density at radius 1 is 1.17 bits per heavy atom. The van der Waals surface area contributed by atoms with Crippen LogP contribution in [0, 0.1) is 5.41 Å². The maximum Gasteiger partial charge on any atom is 0.247 e. The Morgan fingerprint density at radius 3 is 2.69 bits per heavy atom. The molecular formula is C22H29N5O2. The van der Waals surface area contributed by atoms with Gasteiger partial charge in [0, 0.05) is 63.3 Å². The number of piperidine rings is 2. The first-order valence-corrected chi connectivity index (χ1v) is 10.5. The van der Waals surface area contributed by atoms with E-state index in [0.717, 1.165) is 57.6 Å². The van der Waals surface area contributed by atoms with Gasteiger partial charge in [-0.1, -0.05) is 6.07 Å². The van der Waals surface area contributed by atoms with E-state index in [4.69, 9.17) is 0 Å². The van der Waals surface area contributed by atoms with Gasteiger partial charge in [-0.15, -0.1) is 0 Å². The monoisotopic (exact) mass is 395 g/mol. The van der Waals surface area contributed by atoms with Crippen LogP contribution in [0.25, 0.3) is 0 Å². The first-order valence-electron chi connectivity index (χ1n) is 10.5. The molecule has 0 aromatic carbocycles. The summed E-state index contributed by atoms with van der Waals surface area (Å²) in [6, 6.07) is 7.47. The number of aromatic nitrogens is 3. The van der Waals surface area contributed by atoms with Crippen LogP contribution in [0.1, 0.15) is 44.3 Å². The van der Waals surface area contributed by atoms with Crippen LogP contribution >= 0.6 is 0 Å². The molecule has 0 N–H and O–H groups in total. The van der Waals surface area contributed by atoms with E-state index in [0.29, 0.717) is 6.42 Å². The second-order valence-corrected chi connectivity index (χ2v) is 8.37. The third kappa shape index (κ3) is 4.33. The Labute approximate surface area is 171 Å². The molecule has 0 saturated carbocycles. The summed E-state index contributed by atoms with van der Waals surface area (Å²) in [4.78, 5) is 33.7. The SMILES string of the molecule is CC(C(=O)N1CCC2(CCC(=O)N(CCc3ccccn3)C2)CC1)n1cccn1. The lowest BCUT2D eigenvalue weighted by atomic mass is 9.72. The fraction of sp³-hybridized carbons (Fsp3) is 0.545. The summed E-state index contributed by atoms with van der Waals surface area (Å²) in [5.41, 5.74) is 1.16. The van der Waals surface area contributed by atoms with Gasteiger partial charge in [0.05, 0.1) is 0 Å². The predicted molar refractivity (Wildman–Crippen MR) is 109 cm³/mol. The standard InChI is InChI=1S/C22H29N5O2/c1-18(27-13-4-12-24-27)21(29)25-15-9-22(10-16-25)8-6-20(28)26(17-22)14-7-19-5-2-3-11-23-19/h2-5,11-13,18H,6-10,14-17H2,1H3. The number of amides is 2. The first kappa shape index (κ1) is 19.6. The van der Waals surface area contributed by atoms with Gasteiger partial charge in [-0.05, 0) is 49.8 Å². The largest absolute Gasteiger partial charge is 0.342 e. The van der Waals surface area contributed by atoms with Gasteiger partial charge in [-0.25, -0.2) is 0 Å². The van der Waals surface area contributed by atoms with Crippen molar-refractivity contribution in [2.45, 2.75) is 45.1 Å². The summed E-state index contributed by atoms with van der Waals surface area (Å²) in [5.74, 6) is 0.375. The third-order valence-corrected chi connectivity index (χ3v) is 6.53. The van der Waals surface area contributed by atoms with Gasteiger partial charge in [-0.3, -0.25) is 19.3 Å². The molecular weight excluding hydrogens is 366 g/mol. The fourth-order valence-corrected chi connectivity index (χ4v) is 4.60. The van der Waals surface area contributed by atoms with E-state index >= 15 is 0 Å². The molecule has 4 heterocycles. The van der Waals surface area contributed by atoms with Gasteiger partial charge in [0.2, 0.25) is 11.8 Å². The molecule has 2 aromatic heterocycles. The molecule has 2 aliphatic rings. The zero-order valence-electron chi connectivity index (χ0n) is 17.0. The maximum atomic E-state index is 12.8. The summed E-state index contributed by atoms with van der Waals surface area (Å²) in [5, 5.41) is 4.20. The molecule has 29 heavy (non-hydrogen) atoms. The molecule has 0 radical (unpaired) electrons. The molecule has 1 atom stereocenters. The Kier molecular flexibility index (Phi) is 5.65. The maximum absolute atomic E-state index is 12.8. The average Bonchev–Trinajstić information content (AvgIpc) is 3.30. The minimum Gasteiger partial charge on any atom is -0.342 e. The number of carbonyl (C=O) groups is 2. The highest BCUT2D eigenvalue weighted by Crippen LogP contribution is 2.40. The summed E-state index contributed by atoms with van der Waals surface area (Å²) in [7, 11) is 0. The molecule has 2 aliphatic heterocycles. The van der Waals surface area contributed by atoms with Crippen LogP contribution in [-0.2, 0) is 16.0 Å². The summed E-state index contributed by atoms with van der Waals surface area (Å²) >= 11 is 0. The summed E-state index contributed by atoms with van der Waals surface area (Å²) < 4.78 is 1.71. The predicted octanol–water partition coefficient (Wildman–Crippen LogP) is 2.31. The Bertz CT molecular complexity index is 828. The molecule has 2 saturated heterocycles. The number of likely N-dealkylation sites (tertiary alicyclic amines) is 2. The molecule has 2 fully saturated rings. The van der Waals surface area contributed by atoms with Crippen LogP contribution in [0.4, 0.5) is 0 Å². The highest BCUT2D eigenvalue weighted by Gasteiger charge is 2.42. The van der Waals surface area contributed by atoms with E-state index in [1.54, 1.807) is 17.1 Å². The number of pyridine rings is 1. The summed E-state index contributed by atoms with van der Waals surface area (Å²) in [6.45, 7) is 4.93. The van der Waals surface area contributed by atoms with Gasteiger partial charge in [-0.2, -0.15) is 5.10 Å². The van der Waals surface area contributed by atoms with Crippen LogP contribution in [0.3, 0.4) is 0 Å². The van der Waals surface area contributed by atoms with Gasteiger partial charge >= 0.3 is 0 Å². The van der Waals surface area contributed by atoms with Gasteiger partial charge in [0.1, 0.15) is 6.04 Å². The smallest absolute Gasteiger partial charge is 0.247 e. The van der Waals surface area contributed by atoms with Gasteiger partial charge < -0.3 is 9.80 Å². The fourth-order valence-electron chi connectivity index (χ4n) is 4.60. The van der Waals surface area contributed by atoms with Crippen molar-refractivity contribution < 1.29 is 9.59 Å². The highest BCUT2D eigenvalue weighted by atomic mass is 16.2. The zero-order chi connectivity index (χ0) is 20.3. The second-order valence-electron chi connectivity index (χ2n) is 8.37. The number of hydrogen-bond acceptors (Lipinski definition) is 4. The molecule has 7 nitrogen and oxygen atoms in total. The molecule has 4 rings (SSSR count). The molecule has 0 bridgehead atoms. The van der Waals surface area contributed by atoms with E-state index in [9.17, 15) is 9.59 Å². The van der Waals surface area contributed by atoms with Crippen molar-refractivity contribution >= 4 is 11.8 Å². The van der Waals surface area contributed by atoms with Crippen molar-refractivity contribution in [2.75, 3.05) is 26.2 Å². The number of hydrogen-bond donors (Lipinski definition) is 0. The minimum atomic E-state index is -0.276. The topological polar surface area (TPSA) is 71.3 Å². The molecule has 7 heteroatoms. The van der Waals surface area contributed by atoms with Crippen LogP contribution < -0.4 is 0 Å². The van der Waals surface area contributed by atoms with E-state index in [1.165, 1.54) is 0 Å². The normalized spacial score (nSPS) is 20.1. The van der Waals surface area contributed by atoms with E-state index in [-0.39, 0.29) is 23.3 Å². The van der Waals surface area contributed by atoms with Crippen molar-refractivity contribution in [1.82, 2.24) is 24.6 Å². The quantitative estimate of drug-likeness (QED) is 0.779. The van der Waals surface area contributed by atoms with Crippen LogP contribution in [0.5, 0.6) is 0 Å². The minimum absolute atomic E-state index is 0.127. The van der Waals surface area contributed by atoms with Crippen molar-refractivity contribution in [2.24, 2.45) is 5.41 Å². The van der Waals surface area contributed by atoms with Crippen molar-refractivity contribution in [3.8, 4) is 0 Å². The van der Waals surface area contributed by atoms with Crippen LogP contribution in [0.15, 0.2) is 42.9 Å². The Balaban J connectivity index is 1.33. The van der Waals surface area contributed by atoms with Gasteiger partial charge in [0.15, 0.2) is 0 Å². The van der Waals surface area contributed by atoms with E-state index < -0.39 is 0 Å². The third-order valence-electron chi connectivity index (χ3n) is 6.53. The van der Waals surface area contributed by atoms with E-state index in [1.807, 2.05) is 47.2 Å². The molecule has 1 spiro atoms. The van der Waals surface area contributed by atoms with E-state index in [2.05, 4.69) is 10.1 Å². The number of nitrogens with zero attached hydrogens (tertiary/aromatic N) is 5. The summed E-state index contributed by atoms with van der Waals surface area (Å²) in [6.07, 6.45) is 9.58. The highest BCUT2D eigenvalue weighted by molar-refractivity contribution is 5.80. The number of rotatable bonds is 5. The van der Waals surface area contributed by atoms with Crippen molar-refractivity contribution in [1.29, 1.82) is 0 Å². The second kappa shape index (κ2) is 8.35. The lowest BCUT2D eigenvalue weighted by Gasteiger charge is -2.47.